The van der Waals surface area contributed by atoms with Gasteiger partial charge in [0.25, 0.3) is 5.91 Å². The molecule has 2 aromatic rings. The summed E-state index contributed by atoms with van der Waals surface area (Å²) < 4.78 is 45.9. The molecule has 0 unspecified atom stereocenters. The van der Waals surface area contributed by atoms with Crippen molar-refractivity contribution < 1.29 is 22.3 Å². The molecule has 7 nitrogen and oxygen atoms in total. The third-order valence-electron chi connectivity index (χ3n) is 5.24. The van der Waals surface area contributed by atoms with Gasteiger partial charge in [0.1, 0.15) is 5.82 Å². The van der Waals surface area contributed by atoms with Crippen LogP contribution in [0.25, 0.3) is 0 Å². The molecular formula is C22H28FN3O4S. The maximum Gasteiger partial charge on any atom is 0.253 e. The van der Waals surface area contributed by atoms with Crippen LogP contribution in [0.15, 0.2) is 53.4 Å². The summed E-state index contributed by atoms with van der Waals surface area (Å²) in [4.78, 5) is 14.8. The van der Waals surface area contributed by atoms with Crippen LogP contribution in [0.2, 0.25) is 0 Å². The van der Waals surface area contributed by atoms with E-state index in [1.165, 1.54) is 12.1 Å². The first-order valence-electron chi connectivity index (χ1n) is 10.3. The number of piperidine rings is 1. The molecule has 0 saturated carbocycles. The van der Waals surface area contributed by atoms with Gasteiger partial charge >= 0.3 is 0 Å². The summed E-state index contributed by atoms with van der Waals surface area (Å²) in [5, 5.41) is 2.91. The van der Waals surface area contributed by atoms with Gasteiger partial charge in [0, 0.05) is 45.1 Å². The molecule has 1 amide bonds. The van der Waals surface area contributed by atoms with Gasteiger partial charge in [-0.1, -0.05) is 12.1 Å². The highest BCUT2D eigenvalue weighted by molar-refractivity contribution is 7.89. The van der Waals surface area contributed by atoms with Crippen LogP contribution in [-0.2, 0) is 14.8 Å². The molecule has 3 rings (SSSR count). The van der Waals surface area contributed by atoms with Gasteiger partial charge < -0.3 is 15.0 Å². The van der Waals surface area contributed by atoms with E-state index in [-0.39, 0.29) is 16.8 Å². The molecular weight excluding hydrogens is 421 g/mol. The number of hydrogen-bond acceptors (Lipinski definition) is 5. The van der Waals surface area contributed by atoms with E-state index >= 15 is 0 Å². The lowest BCUT2D eigenvalue weighted by molar-refractivity contribution is 0.0949. The van der Waals surface area contributed by atoms with Crippen molar-refractivity contribution in [2.24, 2.45) is 0 Å². The lowest BCUT2D eigenvalue weighted by Gasteiger charge is -2.34. The van der Waals surface area contributed by atoms with Gasteiger partial charge in [-0.2, -0.15) is 0 Å². The van der Waals surface area contributed by atoms with E-state index in [9.17, 15) is 17.6 Å². The summed E-state index contributed by atoms with van der Waals surface area (Å²) in [5.74, 6) is -0.612. The van der Waals surface area contributed by atoms with Crippen molar-refractivity contribution in [3.63, 3.8) is 0 Å². The van der Waals surface area contributed by atoms with Crippen LogP contribution in [0.1, 0.15) is 29.6 Å². The van der Waals surface area contributed by atoms with Crippen molar-refractivity contribution in [2.75, 3.05) is 38.3 Å². The van der Waals surface area contributed by atoms with E-state index in [1.54, 1.807) is 13.2 Å². The monoisotopic (exact) mass is 449 g/mol. The van der Waals surface area contributed by atoms with Gasteiger partial charge in [0.2, 0.25) is 10.0 Å². The molecule has 2 aromatic carbocycles. The SMILES string of the molecule is COCCCNC(=O)c1ccccc1N1CCC(NS(=O)(=O)c2ccc(F)cc2)CC1. The number of amides is 1. The molecule has 2 N–H and O–H groups in total. The number of nitrogens with one attached hydrogen (secondary N) is 2. The number of anilines is 1. The summed E-state index contributed by atoms with van der Waals surface area (Å²) in [7, 11) is -2.08. The van der Waals surface area contributed by atoms with Crippen LogP contribution < -0.4 is 14.9 Å². The number of ether oxygens (including phenoxy) is 1. The Morgan fingerprint density at radius 3 is 2.48 bits per heavy atom. The Hall–Kier alpha value is -2.49. The average Bonchev–Trinajstić information content (AvgIpc) is 2.77. The van der Waals surface area contributed by atoms with Crippen molar-refractivity contribution in [3.05, 3.63) is 59.9 Å². The highest BCUT2D eigenvalue weighted by atomic mass is 32.2. The Morgan fingerprint density at radius 2 is 1.81 bits per heavy atom. The zero-order chi connectivity index (χ0) is 22.3. The number of rotatable bonds is 9. The summed E-state index contributed by atoms with van der Waals surface area (Å²) in [5.41, 5.74) is 1.44. The van der Waals surface area contributed by atoms with Gasteiger partial charge in [0.05, 0.1) is 10.5 Å². The first kappa shape index (κ1) is 23.2. The molecule has 31 heavy (non-hydrogen) atoms. The second kappa shape index (κ2) is 10.7. The van der Waals surface area contributed by atoms with E-state index in [4.69, 9.17) is 4.74 Å². The van der Waals surface area contributed by atoms with Crippen molar-refractivity contribution in [1.29, 1.82) is 0 Å². The molecule has 1 fully saturated rings. The van der Waals surface area contributed by atoms with Gasteiger partial charge in [-0.25, -0.2) is 17.5 Å². The molecule has 1 saturated heterocycles. The zero-order valence-corrected chi connectivity index (χ0v) is 18.3. The summed E-state index contributed by atoms with van der Waals surface area (Å²) in [6.45, 7) is 2.35. The molecule has 0 bridgehead atoms. The molecule has 1 aliphatic heterocycles. The van der Waals surface area contributed by atoms with Crippen molar-refractivity contribution in [2.45, 2.75) is 30.2 Å². The highest BCUT2D eigenvalue weighted by Crippen LogP contribution is 2.25. The smallest absolute Gasteiger partial charge is 0.253 e. The molecule has 0 spiro atoms. The molecule has 9 heteroatoms. The first-order chi connectivity index (χ1) is 14.9. The second-order valence-corrected chi connectivity index (χ2v) is 9.17. The van der Waals surface area contributed by atoms with Crippen molar-refractivity contribution in [3.8, 4) is 0 Å². The van der Waals surface area contributed by atoms with Crippen LogP contribution in [-0.4, -0.2) is 53.7 Å². The molecule has 1 heterocycles. The minimum Gasteiger partial charge on any atom is -0.385 e. The van der Waals surface area contributed by atoms with Crippen LogP contribution in [0, 0.1) is 5.82 Å². The summed E-state index contributed by atoms with van der Waals surface area (Å²) in [6.07, 6.45) is 1.94. The third kappa shape index (κ3) is 6.25. The Labute approximate surface area is 182 Å². The largest absolute Gasteiger partial charge is 0.385 e. The van der Waals surface area contributed by atoms with Crippen LogP contribution in [0.4, 0.5) is 10.1 Å². The third-order valence-corrected chi connectivity index (χ3v) is 6.78. The molecule has 0 atom stereocenters. The fourth-order valence-electron chi connectivity index (χ4n) is 3.59. The quantitative estimate of drug-likeness (QED) is 0.575. The number of carbonyl (C=O) groups excluding carboxylic acids is 1. The van der Waals surface area contributed by atoms with Crippen molar-refractivity contribution >= 4 is 21.6 Å². The van der Waals surface area contributed by atoms with E-state index < -0.39 is 15.8 Å². The maximum absolute atomic E-state index is 13.1. The molecule has 168 valence electrons. The number of halogens is 1. The summed E-state index contributed by atoms with van der Waals surface area (Å²) in [6, 6.07) is 12.0. The first-order valence-corrected chi connectivity index (χ1v) is 11.8. The lowest BCUT2D eigenvalue weighted by atomic mass is 10.0. The standard InChI is InChI=1S/C22H28FN3O4S/c1-30-16-4-13-24-22(27)20-5-2-3-6-21(20)26-14-11-18(12-15-26)25-31(28,29)19-9-7-17(23)8-10-19/h2-3,5-10,18,25H,4,11-16H2,1H3,(H,24,27). The Morgan fingerprint density at radius 1 is 1.13 bits per heavy atom. The van der Waals surface area contributed by atoms with Crippen LogP contribution in [0.5, 0.6) is 0 Å². The number of hydrogen-bond donors (Lipinski definition) is 2. The molecule has 0 aromatic heterocycles. The summed E-state index contributed by atoms with van der Waals surface area (Å²) >= 11 is 0. The zero-order valence-electron chi connectivity index (χ0n) is 17.5. The van der Waals surface area contributed by atoms with E-state index in [2.05, 4.69) is 14.9 Å². The average molecular weight is 450 g/mol. The Kier molecular flexibility index (Phi) is 8.00. The van der Waals surface area contributed by atoms with Crippen LogP contribution in [0.3, 0.4) is 0 Å². The number of methoxy groups -OCH3 is 1. The van der Waals surface area contributed by atoms with Gasteiger partial charge in [-0.05, 0) is 55.7 Å². The fourth-order valence-corrected chi connectivity index (χ4v) is 4.90. The normalized spacial score (nSPS) is 15.1. The number of sulfonamides is 1. The van der Waals surface area contributed by atoms with Gasteiger partial charge in [-0.15, -0.1) is 0 Å². The minimum atomic E-state index is -3.71. The second-order valence-electron chi connectivity index (χ2n) is 7.46. The highest BCUT2D eigenvalue weighted by Gasteiger charge is 2.26. The molecule has 0 radical (unpaired) electrons. The molecule has 1 aliphatic rings. The predicted molar refractivity (Wildman–Crippen MR) is 117 cm³/mol. The van der Waals surface area contributed by atoms with Crippen LogP contribution >= 0.6 is 0 Å². The number of carbonyl (C=O) groups is 1. The van der Waals surface area contributed by atoms with E-state index in [0.29, 0.717) is 44.6 Å². The Balaban J connectivity index is 1.59. The Bertz CT molecular complexity index is 975. The maximum atomic E-state index is 13.1. The van der Waals surface area contributed by atoms with Gasteiger partial charge in [-0.3, -0.25) is 4.79 Å². The number of benzene rings is 2. The topological polar surface area (TPSA) is 87.7 Å². The minimum absolute atomic E-state index is 0.0480. The number of para-hydroxylation sites is 1. The lowest BCUT2D eigenvalue weighted by Crippen LogP contribution is -2.45. The fraction of sp³-hybridized carbons (Fsp3) is 0.409. The van der Waals surface area contributed by atoms with E-state index in [1.807, 2.05) is 18.2 Å². The van der Waals surface area contributed by atoms with Gasteiger partial charge in [0.15, 0.2) is 0 Å². The predicted octanol–water partition coefficient (Wildman–Crippen LogP) is 2.54. The van der Waals surface area contributed by atoms with Crippen molar-refractivity contribution in [1.82, 2.24) is 10.0 Å². The number of nitrogens with zero attached hydrogens (tertiary/aromatic N) is 1. The van der Waals surface area contributed by atoms with E-state index in [0.717, 1.165) is 24.2 Å². The molecule has 0 aliphatic carbocycles.